The van der Waals surface area contributed by atoms with E-state index in [-0.39, 0.29) is 11.5 Å². The fraction of sp³-hybridized carbons (Fsp3) is 0.474. The molecule has 1 heterocycles. The van der Waals surface area contributed by atoms with Gasteiger partial charge in [-0.1, -0.05) is 50.1 Å². The van der Waals surface area contributed by atoms with Gasteiger partial charge in [-0.25, -0.2) is 0 Å². The van der Waals surface area contributed by atoms with Crippen LogP contribution in [-0.4, -0.2) is 6.54 Å². The van der Waals surface area contributed by atoms with Crippen molar-refractivity contribution in [3.8, 4) is 0 Å². The quantitative estimate of drug-likeness (QED) is 0.821. The van der Waals surface area contributed by atoms with Gasteiger partial charge >= 0.3 is 0 Å². The molecule has 1 saturated carbocycles. The van der Waals surface area contributed by atoms with Gasteiger partial charge in [0.2, 0.25) is 0 Å². The van der Waals surface area contributed by atoms with Crippen LogP contribution >= 0.6 is 0 Å². The summed E-state index contributed by atoms with van der Waals surface area (Å²) in [5, 5.41) is 3.76. The molecule has 1 unspecified atom stereocenters. The van der Waals surface area contributed by atoms with Crippen LogP contribution in [0.2, 0.25) is 0 Å². The Morgan fingerprint density at radius 1 is 1.10 bits per heavy atom. The predicted molar refractivity (Wildman–Crippen MR) is 86.3 cm³/mol. The topological polar surface area (TPSA) is 25.2 Å². The molecular formula is C19H25NO. The second-order valence-corrected chi connectivity index (χ2v) is 6.13. The van der Waals surface area contributed by atoms with Gasteiger partial charge in [-0.15, -0.1) is 0 Å². The molecule has 1 N–H and O–H groups in total. The molecule has 1 atom stereocenters. The highest BCUT2D eigenvalue weighted by molar-refractivity contribution is 5.31. The zero-order chi connectivity index (χ0) is 14.5. The van der Waals surface area contributed by atoms with Crippen molar-refractivity contribution < 1.29 is 4.42 Å². The summed E-state index contributed by atoms with van der Waals surface area (Å²) in [6.07, 6.45) is 8.02. The molecule has 1 aliphatic rings. The number of hydrogen-bond acceptors (Lipinski definition) is 2. The van der Waals surface area contributed by atoms with E-state index >= 15 is 0 Å². The largest absolute Gasteiger partial charge is 0.468 e. The van der Waals surface area contributed by atoms with Crippen LogP contribution in [0.25, 0.3) is 0 Å². The Hall–Kier alpha value is -1.54. The third kappa shape index (κ3) is 2.77. The minimum Gasteiger partial charge on any atom is -0.468 e. The van der Waals surface area contributed by atoms with Crippen LogP contribution in [-0.2, 0) is 5.41 Å². The molecule has 1 aromatic heterocycles. The van der Waals surface area contributed by atoms with Crippen LogP contribution in [0.15, 0.2) is 53.1 Å². The number of hydrogen-bond donors (Lipinski definition) is 1. The van der Waals surface area contributed by atoms with E-state index in [1.54, 1.807) is 6.26 Å². The van der Waals surface area contributed by atoms with Gasteiger partial charge in [-0.2, -0.15) is 0 Å². The fourth-order valence-electron chi connectivity index (χ4n) is 3.83. The van der Waals surface area contributed by atoms with Crippen LogP contribution in [0.3, 0.4) is 0 Å². The molecule has 1 aliphatic carbocycles. The van der Waals surface area contributed by atoms with E-state index in [1.165, 1.54) is 31.2 Å². The summed E-state index contributed by atoms with van der Waals surface area (Å²) < 4.78 is 5.79. The van der Waals surface area contributed by atoms with Crippen molar-refractivity contribution >= 4 is 0 Å². The lowest BCUT2D eigenvalue weighted by Crippen LogP contribution is -2.40. The predicted octanol–water partition coefficient (Wildman–Crippen LogP) is 4.83. The van der Waals surface area contributed by atoms with E-state index in [2.05, 4.69) is 48.6 Å². The average Bonchev–Trinajstić information content (AvgIpc) is 3.21. The highest BCUT2D eigenvalue weighted by Gasteiger charge is 2.44. The Balaban J connectivity index is 2.00. The summed E-state index contributed by atoms with van der Waals surface area (Å²) >= 11 is 0. The summed E-state index contributed by atoms with van der Waals surface area (Å²) in [5.74, 6) is 1.08. The van der Waals surface area contributed by atoms with Crippen molar-refractivity contribution in [1.82, 2.24) is 5.32 Å². The first kappa shape index (κ1) is 14.4. The molecule has 1 fully saturated rings. The zero-order valence-corrected chi connectivity index (χ0v) is 12.8. The zero-order valence-electron chi connectivity index (χ0n) is 12.8. The average molecular weight is 283 g/mol. The SMILES string of the molecule is CCCNC(c1ccco1)C1(c2ccccc2)CCCC1. The molecule has 112 valence electrons. The Kier molecular flexibility index (Phi) is 4.45. The third-order valence-electron chi connectivity index (χ3n) is 4.82. The lowest BCUT2D eigenvalue weighted by Gasteiger charge is -2.38. The van der Waals surface area contributed by atoms with Crippen LogP contribution in [0, 0.1) is 0 Å². The summed E-state index contributed by atoms with van der Waals surface area (Å²) in [5.41, 5.74) is 1.63. The first-order valence-electron chi connectivity index (χ1n) is 8.19. The van der Waals surface area contributed by atoms with Crippen LogP contribution in [0.5, 0.6) is 0 Å². The molecular weight excluding hydrogens is 258 g/mol. The van der Waals surface area contributed by atoms with E-state index in [1.807, 2.05) is 6.07 Å². The smallest absolute Gasteiger partial charge is 0.121 e. The number of nitrogens with one attached hydrogen (secondary N) is 1. The van der Waals surface area contributed by atoms with E-state index in [0.717, 1.165) is 18.7 Å². The lowest BCUT2D eigenvalue weighted by atomic mass is 9.71. The van der Waals surface area contributed by atoms with Gasteiger partial charge < -0.3 is 9.73 Å². The normalized spacial score (nSPS) is 18.7. The highest BCUT2D eigenvalue weighted by atomic mass is 16.3. The maximum Gasteiger partial charge on any atom is 0.121 e. The molecule has 2 heteroatoms. The first-order valence-corrected chi connectivity index (χ1v) is 8.19. The van der Waals surface area contributed by atoms with Crippen LogP contribution in [0.1, 0.15) is 56.4 Å². The molecule has 2 aromatic rings. The highest BCUT2D eigenvalue weighted by Crippen LogP contribution is 2.49. The van der Waals surface area contributed by atoms with Crippen molar-refractivity contribution in [2.45, 2.75) is 50.5 Å². The van der Waals surface area contributed by atoms with Crippen LogP contribution in [0.4, 0.5) is 0 Å². The number of benzene rings is 1. The Bertz CT molecular complexity index is 526. The van der Waals surface area contributed by atoms with E-state index in [0.29, 0.717) is 0 Å². The van der Waals surface area contributed by atoms with Crippen LogP contribution < -0.4 is 5.32 Å². The van der Waals surface area contributed by atoms with Gasteiger partial charge in [-0.05, 0) is 43.5 Å². The minimum absolute atomic E-state index is 0.175. The molecule has 0 saturated heterocycles. The van der Waals surface area contributed by atoms with Crippen molar-refractivity contribution in [3.63, 3.8) is 0 Å². The molecule has 0 bridgehead atoms. The fourth-order valence-corrected chi connectivity index (χ4v) is 3.83. The molecule has 21 heavy (non-hydrogen) atoms. The Morgan fingerprint density at radius 2 is 1.86 bits per heavy atom. The summed E-state index contributed by atoms with van der Waals surface area (Å²) in [6.45, 7) is 3.25. The Morgan fingerprint density at radius 3 is 2.48 bits per heavy atom. The lowest BCUT2D eigenvalue weighted by molar-refractivity contribution is 0.262. The van der Waals surface area contributed by atoms with E-state index in [9.17, 15) is 0 Å². The Labute approximate surface area is 127 Å². The standard InChI is InChI=1S/C19H25NO/c1-2-14-20-18(17-11-8-15-21-17)19(12-6-7-13-19)16-9-4-3-5-10-16/h3-5,8-11,15,18,20H,2,6-7,12-14H2,1H3. The van der Waals surface area contributed by atoms with E-state index < -0.39 is 0 Å². The monoisotopic (exact) mass is 283 g/mol. The van der Waals surface area contributed by atoms with Gasteiger partial charge in [0, 0.05) is 5.41 Å². The summed E-state index contributed by atoms with van der Waals surface area (Å²) in [7, 11) is 0. The molecule has 0 aliphatic heterocycles. The number of furan rings is 1. The molecule has 0 spiro atoms. The van der Waals surface area contributed by atoms with Crippen molar-refractivity contribution in [3.05, 3.63) is 60.1 Å². The third-order valence-corrected chi connectivity index (χ3v) is 4.82. The molecule has 0 amide bonds. The van der Waals surface area contributed by atoms with Gasteiger partial charge in [0.1, 0.15) is 5.76 Å². The van der Waals surface area contributed by atoms with Gasteiger partial charge in [0.25, 0.3) is 0 Å². The second kappa shape index (κ2) is 6.48. The summed E-state index contributed by atoms with van der Waals surface area (Å²) in [6, 6.07) is 15.4. The van der Waals surface area contributed by atoms with Gasteiger partial charge in [-0.3, -0.25) is 0 Å². The molecule has 1 aromatic carbocycles. The molecule has 3 rings (SSSR count). The van der Waals surface area contributed by atoms with Crippen molar-refractivity contribution in [2.75, 3.05) is 6.54 Å². The molecule has 0 radical (unpaired) electrons. The molecule has 2 nitrogen and oxygen atoms in total. The van der Waals surface area contributed by atoms with E-state index in [4.69, 9.17) is 4.42 Å². The van der Waals surface area contributed by atoms with Gasteiger partial charge in [0.15, 0.2) is 0 Å². The summed E-state index contributed by atoms with van der Waals surface area (Å²) in [4.78, 5) is 0. The minimum atomic E-state index is 0.175. The van der Waals surface area contributed by atoms with Crippen molar-refractivity contribution in [1.29, 1.82) is 0 Å². The maximum atomic E-state index is 5.79. The first-order chi connectivity index (χ1) is 10.4. The second-order valence-electron chi connectivity index (χ2n) is 6.13. The maximum absolute atomic E-state index is 5.79. The van der Waals surface area contributed by atoms with Crippen molar-refractivity contribution in [2.24, 2.45) is 0 Å². The van der Waals surface area contributed by atoms with Gasteiger partial charge in [0.05, 0.1) is 12.3 Å². The number of rotatable bonds is 6.